The number of anilines is 3. The maximum Gasteiger partial charge on any atom is 0.273 e. The van der Waals surface area contributed by atoms with Gasteiger partial charge in [0.05, 0.1) is 11.5 Å². The van der Waals surface area contributed by atoms with E-state index in [1.807, 2.05) is 31.2 Å². The number of non-ortho nitro benzene ring substituents is 1. The Kier molecular flexibility index (Phi) is 4.61. The van der Waals surface area contributed by atoms with E-state index in [0.29, 0.717) is 18.0 Å². The van der Waals surface area contributed by atoms with E-state index >= 15 is 0 Å². The predicted molar refractivity (Wildman–Crippen MR) is 83.5 cm³/mol. The molecule has 2 rings (SSSR count). The molecule has 6 nitrogen and oxygen atoms in total. The van der Waals surface area contributed by atoms with Crippen LogP contribution in [0.2, 0.25) is 0 Å². The van der Waals surface area contributed by atoms with Gasteiger partial charge in [-0.25, -0.2) is 0 Å². The Morgan fingerprint density at radius 3 is 2.57 bits per heavy atom. The average molecular weight is 287 g/mol. The molecule has 110 valence electrons. The number of hydrogen-bond donors (Lipinski definition) is 2. The van der Waals surface area contributed by atoms with Gasteiger partial charge in [-0.3, -0.25) is 10.1 Å². The van der Waals surface area contributed by atoms with E-state index < -0.39 is 4.92 Å². The van der Waals surface area contributed by atoms with E-state index in [4.69, 9.17) is 4.74 Å². The summed E-state index contributed by atoms with van der Waals surface area (Å²) in [5.41, 5.74) is 2.16. The molecule has 2 aromatic rings. The maximum atomic E-state index is 10.9. The molecule has 0 unspecified atom stereocenters. The Balaban J connectivity index is 2.28. The fourth-order valence-corrected chi connectivity index (χ4v) is 1.93. The number of hydrogen-bond acceptors (Lipinski definition) is 5. The Morgan fingerprint density at radius 1 is 1.14 bits per heavy atom. The standard InChI is InChI=1S/C15H17N3O3/c1-3-21-15-6-4-5-11(10-15)17-13-7-12(16-2)8-14(9-13)18(19)20/h4-10,16-17H,3H2,1-2H3. The average Bonchev–Trinajstić information content (AvgIpc) is 2.47. The van der Waals surface area contributed by atoms with Crippen LogP contribution in [0.15, 0.2) is 42.5 Å². The molecule has 0 radical (unpaired) electrons. The largest absolute Gasteiger partial charge is 0.494 e. The van der Waals surface area contributed by atoms with Crippen LogP contribution < -0.4 is 15.4 Å². The van der Waals surface area contributed by atoms with Crippen LogP contribution in [0.5, 0.6) is 5.75 Å². The molecule has 0 heterocycles. The number of nitrogens with one attached hydrogen (secondary N) is 2. The molecule has 0 aromatic heterocycles. The lowest BCUT2D eigenvalue weighted by molar-refractivity contribution is -0.384. The van der Waals surface area contributed by atoms with Crippen molar-refractivity contribution in [3.63, 3.8) is 0 Å². The molecule has 21 heavy (non-hydrogen) atoms. The zero-order chi connectivity index (χ0) is 15.2. The number of nitro benzene ring substituents is 1. The number of nitrogens with zero attached hydrogens (tertiary/aromatic N) is 1. The minimum atomic E-state index is -0.414. The third kappa shape index (κ3) is 3.85. The van der Waals surface area contributed by atoms with Crippen molar-refractivity contribution in [1.29, 1.82) is 0 Å². The Morgan fingerprint density at radius 2 is 1.90 bits per heavy atom. The molecule has 0 saturated heterocycles. The predicted octanol–water partition coefficient (Wildman–Crippen LogP) is 3.78. The van der Waals surface area contributed by atoms with E-state index in [0.717, 1.165) is 11.4 Å². The first-order valence-corrected chi connectivity index (χ1v) is 6.59. The smallest absolute Gasteiger partial charge is 0.273 e. The molecule has 0 atom stereocenters. The van der Waals surface area contributed by atoms with Crippen molar-refractivity contribution in [2.75, 3.05) is 24.3 Å². The zero-order valence-corrected chi connectivity index (χ0v) is 11.9. The van der Waals surface area contributed by atoms with Crippen molar-refractivity contribution in [3.05, 3.63) is 52.6 Å². The number of benzene rings is 2. The molecule has 0 spiro atoms. The lowest BCUT2D eigenvalue weighted by Crippen LogP contribution is -1.97. The highest BCUT2D eigenvalue weighted by atomic mass is 16.6. The lowest BCUT2D eigenvalue weighted by atomic mass is 10.2. The van der Waals surface area contributed by atoms with Crippen molar-refractivity contribution in [2.45, 2.75) is 6.92 Å². The van der Waals surface area contributed by atoms with Crippen LogP contribution in [0.25, 0.3) is 0 Å². The SMILES string of the molecule is CCOc1cccc(Nc2cc(NC)cc([N+](=O)[O-])c2)c1. The highest BCUT2D eigenvalue weighted by Gasteiger charge is 2.09. The summed E-state index contributed by atoms with van der Waals surface area (Å²) >= 11 is 0. The van der Waals surface area contributed by atoms with Crippen LogP contribution in [0.3, 0.4) is 0 Å². The molecule has 0 amide bonds. The number of ether oxygens (including phenoxy) is 1. The van der Waals surface area contributed by atoms with Gasteiger partial charge in [-0.1, -0.05) is 6.07 Å². The lowest BCUT2D eigenvalue weighted by Gasteiger charge is -2.10. The van der Waals surface area contributed by atoms with Crippen LogP contribution in [0, 0.1) is 10.1 Å². The molecule has 2 N–H and O–H groups in total. The van der Waals surface area contributed by atoms with E-state index in [2.05, 4.69) is 10.6 Å². The molecule has 0 saturated carbocycles. The number of rotatable bonds is 6. The fraction of sp³-hybridized carbons (Fsp3) is 0.200. The van der Waals surface area contributed by atoms with Gasteiger partial charge in [0.1, 0.15) is 5.75 Å². The monoisotopic (exact) mass is 287 g/mol. The van der Waals surface area contributed by atoms with Gasteiger partial charge in [-0.2, -0.15) is 0 Å². The Hall–Kier alpha value is -2.76. The molecule has 0 fully saturated rings. The van der Waals surface area contributed by atoms with E-state index in [-0.39, 0.29) is 5.69 Å². The molecule has 2 aromatic carbocycles. The highest BCUT2D eigenvalue weighted by Crippen LogP contribution is 2.27. The topological polar surface area (TPSA) is 76.4 Å². The summed E-state index contributed by atoms with van der Waals surface area (Å²) in [5.74, 6) is 0.752. The van der Waals surface area contributed by atoms with Gasteiger partial charge in [0.2, 0.25) is 0 Å². The summed E-state index contributed by atoms with van der Waals surface area (Å²) in [6.45, 7) is 2.50. The molecule has 0 aliphatic heterocycles. The van der Waals surface area contributed by atoms with Gasteiger partial charge in [0.25, 0.3) is 5.69 Å². The summed E-state index contributed by atoms with van der Waals surface area (Å²) < 4.78 is 5.43. The van der Waals surface area contributed by atoms with Gasteiger partial charge in [-0.05, 0) is 25.1 Å². The second-order valence-corrected chi connectivity index (χ2v) is 4.36. The quantitative estimate of drug-likeness (QED) is 0.624. The van der Waals surface area contributed by atoms with Gasteiger partial charge >= 0.3 is 0 Å². The minimum absolute atomic E-state index is 0.0327. The van der Waals surface area contributed by atoms with E-state index in [1.54, 1.807) is 13.1 Å². The van der Waals surface area contributed by atoms with Crippen LogP contribution in [-0.2, 0) is 0 Å². The molecule has 6 heteroatoms. The summed E-state index contributed by atoms with van der Waals surface area (Å²) in [6, 6.07) is 12.2. The van der Waals surface area contributed by atoms with Crippen molar-refractivity contribution in [1.82, 2.24) is 0 Å². The van der Waals surface area contributed by atoms with Crippen LogP contribution in [-0.4, -0.2) is 18.6 Å². The second-order valence-electron chi connectivity index (χ2n) is 4.36. The first kappa shape index (κ1) is 14.6. The van der Waals surface area contributed by atoms with Crippen LogP contribution >= 0.6 is 0 Å². The normalized spacial score (nSPS) is 10.0. The third-order valence-electron chi connectivity index (χ3n) is 2.85. The molecule has 0 aliphatic carbocycles. The summed E-state index contributed by atoms with van der Waals surface area (Å²) in [5, 5.41) is 17.0. The van der Waals surface area contributed by atoms with Crippen molar-refractivity contribution < 1.29 is 9.66 Å². The van der Waals surface area contributed by atoms with Gasteiger partial charge in [-0.15, -0.1) is 0 Å². The minimum Gasteiger partial charge on any atom is -0.494 e. The van der Waals surface area contributed by atoms with E-state index in [1.165, 1.54) is 12.1 Å². The fourth-order valence-electron chi connectivity index (χ4n) is 1.93. The summed E-state index contributed by atoms with van der Waals surface area (Å²) in [6.07, 6.45) is 0. The molecular formula is C15H17N3O3. The Bertz CT molecular complexity index is 644. The van der Waals surface area contributed by atoms with Gasteiger partial charge in [0, 0.05) is 42.3 Å². The van der Waals surface area contributed by atoms with Gasteiger partial charge < -0.3 is 15.4 Å². The Labute approximate surface area is 122 Å². The maximum absolute atomic E-state index is 10.9. The molecule has 0 aliphatic rings. The zero-order valence-electron chi connectivity index (χ0n) is 11.9. The second kappa shape index (κ2) is 6.60. The van der Waals surface area contributed by atoms with Crippen molar-refractivity contribution in [2.24, 2.45) is 0 Å². The van der Waals surface area contributed by atoms with E-state index in [9.17, 15) is 10.1 Å². The first-order valence-electron chi connectivity index (χ1n) is 6.59. The van der Waals surface area contributed by atoms with Crippen molar-refractivity contribution in [3.8, 4) is 5.75 Å². The number of nitro groups is 1. The summed E-state index contributed by atoms with van der Waals surface area (Å²) in [4.78, 5) is 10.5. The summed E-state index contributed by atoms with van der Waals surface area (Å²) in [7, 11) is 1.72. The van der Waals surface area contributed by atoms with Crippen molar-refractivity contribution >= 4 is 22.7 Å². The van der Waals surface area contributed by atoms with Gasteiger partial charge in [0.15, 0.2) is 0 Å². The first-order chi connectivity index (χ1) is 10.1. The third-order valence-corrected chi connectivity index (χ3v) is 2.85. The van der Waals surface area contributed by atoms with Crippen LogP contribution in [0.4, 0.5) is 22.7 Å². The van der Waals surface area contributed by atoms with Crippen LogP contribution in [0.1, 0.15) is 6.92 Å². The molecular weight excluding hydrogens is 270 g/mol. The molecule has 0 bridgehead atoms. The highest BCUT2D eigenvalue weighted by molar-refractivity contribution is 5.69.